The molecule has 0 radical (unpaired) electrons. The van der Waals surface area contributed by atoms with Crippen molar-refractivity contribution in [3.8, 4) is 0 Å². The van der Waals surface area contributed by atoms with Gasteiger partial charge in [-0.15, -0.1) is 0 Å². The average molecular weight is 284 g/mol. The van der Waals surface area contributed by atoms with Crippen molar-refractivity contribution < 1.29 is 14.3 Å². The maximum absolute atomic E-state index is 11.2. The topological polar surface area (TPSA) is 35.5 Å². The summed E-state index contributed by atoms with van der Waals surface area (Å²) in [6, 6.07) is 11.8. The lowest BCUT2D eigenvalue weighted by Gasteiger charge is -2.26. The number of aldehydes is 1. The monoisotopic (exact) mass is 284 g/mol. The summed E-state index contributed by atoms with van der Waals surface area (Å²) in [5.41, 5.74) is 1.82. The first-order valence-corrected chi connectivity index (χ1v) is 7.53. The molecule has 3 heteroatoms. The van der Waals surface area contributed by atoms with Gasteiger partial charge in [0.25, 0.3) is 0 Å². The van der Waals surface area contributed by atoms with Gasteiger partial charge in [0.15, 0.2) is 12.6 Å². The normalized spacial score (nSPS) is 20.3. The van der Waals surface area contributed by atoms with E-state index >= 15 is 0 Å². The number of benzene rings is 2. The second-order valence-electron chi connectivity index (χ2n) is 5.48. The quantitative estimate of drug-likeness (QED) is 0.787. The average Bonchev–Trinajstić information content (AvgIpc) is 2.54. The van der Waals surface area contributed by atoms with E-state index < -0.39 is 0 Å². The van der Waals surface area contributed by atoms with Gasteiger partial charge in [0.2, 0.25) is 0 Å². The largest absolute Gasteiger partial charge is 0.353 e. The van der Waals surface area contributed by atoms with Crippen LogP contribution in [0.25, 0.3) is 10.8 Å². The Morgan fingerprint density at radius 1 is 1.19 bits per heavy atom. The lowest BCUT2D eigenvalue weighted by Crippen LogP contribution is -2.23. The van der Waals surface area contributed by atoms with Crippen molar-refractivity contribution in [2.75, 3.05) is 6.61 Å². The molecule has 3 rings (SSSR count). The first kappa shape index (κ1) is 14.2. The Balaban J connectivity index is 1.90. The molecule has 0 spiro atoms. The van der Waals surface area contributed by atoms with E-state index in [2.05, 4.69) is 0 Å². The summed E-state index contributed by atoms with van der Waals surface area (Å²) < 4.78 is 11.7. The van der Waals surface area contributed by atoms with Crippen molar-refractivity contribution in [1.29, 1.82) is 0 Å². The van der Waals surface area contributed by atoms with Crippen LogP contribution in [0.4, 0.5) is 0 Å². The SMILES string of the molecule is CC(OC1CCCCO1)c1ccc(C=O)c2ccccc12. The molecule has 0 amide bonds. The van der Waals surface area contributed by atoms with E-state index in [-0.39, 0.29) is 12.4 Å². The molecule has 1 heterocycles. The summed E-state index contributed by atoms with van der Waals surface area (Å²) in [7, 11) is 0. The van der Waals surface area contributed by atoms with Crippen molar-refractivity contribution in [3.63, 3.8) is 0 Å². The third kappa shape index (κ3) is 2.99. The highest BCUT2D eigenvalue weighted by atomic mass is 16.7. The van der Waals surface area contributed by atoms with Crippen LogP contribution in [-0.4, -0.2) is 19.2 Å². The van der Waals surface area contributed by atoms with Gasteiger partial charge in [0.05, 0.1) is 6.10 Å². The van der Waals surface area contributed by atoms with Gasteiger partial charge >= 0.3 is 0 Å². The molecule has 2 unspecified atom stereocenters. The van der Waals surface area contributed by atoms with Gasteiger partial charge in [-0.05, 0) is 42.5 Å². The minimum Gasteiger partial charge on any atom is -0.353 e. The lowest BCUT2D eigenvalue weighted by atomic mass is 9.97. The number of hydrogen-bond donors (Lipinski definition) is 0. The number of hydrogen-bond acceptors (Lipinski definition) is 3. The van der Waals surface area contributed by atoms with Crippen LogP contribution in [0, 0.1) is 0 Å². The molecular weight excluding hydrogens is 264 g/mol. The van der Waals surface area contributed by atoms with Crippen LogP contribution in [0.3, 0.4) is 0 Å². The van der Waals surface area contributed by atoms with Crippen molar-refractivity contribution in [2.45, 2.75) is 38.6 Å². The molecule has 21 heavy (non-hydrogen) atoms. The van der Waals surface area contributed by atoms with E-state index in [1.54, 1.807) is 0 Å². The van der Waals surface area contributed by atoms with Crippen molar-refractivity contribution >= 4 is 17.1 Å². The predicted molar refractivity (Wildman–Crippen MR) is 82.4 cm³/mol. The molecule has 0 aromatic heterocycles. The van der Waals surface area contributed by atoms with Gasteiger partial charge in [-0.2, -0.15) is 0 Å². The number of rotatable bonds is 4. The summed E-state index contributed by atoms with van der Waals surface area (Å²) in [4.78, 5) is 11.2. The second-order valence-corrected chi connectivity index (χ2v) is 5.48. The minimum atomic E-state index is -0.113. The summed E-state index contributed by atoms with van der Waals surface area (Å²) >= 11 is 0. The van der Waals surface area contributed by atoms with Gasteiger partial charge in [-0.3, -0.25) is 4.79 Å². The van der Waals surface area contributed by atoms with Crippen molar-refractivity contribution in [2.24, 2.45) is 0 Å². The molecule has 3 nitrogen and oxygen atoms in total. The third-order valence-electron chi connectivity index (χ3n) is 4.05. The van der Waals surface area contributed by atoms with E-state index in [1.165, 1.54) is 0 Å². The zero-order valence-corrected chi connectivity index (χ0v) is 12.2. The Labute approximate surface area is 124 Å². The standard InChI is InChI=1S/C18H20O3/c1-13(21-18-8-4-5-11-20-18)15-10-9-14(12-19)16-6-2-3-7-17(15)16/h2-3,6-7,9-10,12-13,18H,4-5,8,11H2,1H3. The molecule has 1 fully saturated rings. The van der Waals surface area contributed by atoms with Crippen LogP contribution in [0.5, 0.6) is 0 Å². The molecule has 1 aliphatic heterocycles. The summed E-state index contributed by atoms with van der Waals surface area (Å²) in [6.07, 6.45) is 3.96. The maximum atomic E-state index is 11.2. The summed E-state index contributed by atoms with van der Waals surface area (Å²) in [6.45, 7) is 2.82. The molecule has 0 aliphatic carbocycles. The predicted octanol–water partition coefficient (Wildman–Crippen LogP) is 4.26. The molecule has 0 N–H and O–H groups in total. The van der Waals surface area contributed by atoms with Crippen LogP contribution in [0.15, 0.2) is 36.4 Å². The van der Waals surface area contributed by atoms with E-state index in [1.807, 2.05) is 43.3 Å². The van der Waals surface area contributed by atoms with E-state index in [0.29, 0.717) is 0 Å². The first-order valence-electron chi connectivity index (χ1n) is 7.53. The van der Waals surface area contributed by atoms with Gasteiger partial charge in [0.1, 0.15) is 0 Å². The highest BCUT2D eigenvalue weighted by Gasteiger charge is 2.19. The molecule has 2 aromatic carbocycles. The molecular formula is C18H20O3. The lowest BCUT2D eigenvalue weighted by molar-refractivity contribution is -0.185. The van der Waals surface area contributed by atoms with Crippen LogP contribution < -0.4 is 0 Å². The molecule has 1 saturated heterocycles. The van der Waals surface area contributed by atoms with Crippen LogP contribution in [0.1, 0.15) is 48.2 Å². The Morgan fingerprint density at radius 2 is 2.00 bits per heavy atom. The van der Waals surface area contributed by atoms with Crippen LogP contribution in [-0.2, 0) is 9.47 Å². The number of ether oxygens (including phenoxy) is 2. The zero-order valence-electron chi connectivity index (χ0n) is 12.2. The smallest absolute Gasteiger partial charge is 0.158 e. The fourth-order valence-corrected chi connectivity index (χ4v) is 2.92. The van der Waals surface area contributed by atoms with Crippen LogP contribution >= 0.6 is 0 Å². The Kier molecular flexibility index (Phi) is 4.32. The summed E-state index contributed by atoms with van der Waals surface area (Å²) in [5, 5.41) is 2.05. The number of fused-ring (bicyclic) bond motifs is 1. The van der Waals surface area contributed by atoms with E-state index in [0.717, 1.165) is 54.1 Å². The molecule has 1 aliphatic rings. The fraction of sp³-hybridized carbons (Fsp3) is 0.389. The molecule has 110 valence electrons. The van der Waals surface area contributed by atoms with E-state index in [4.69, 9.17) is 9.47 Å². The second kappa shape index (κ2) is 6.37. The minimum absolute atomic E-state index is 0.0568. The highest BCUT2D eigenvalue weighted by Crippen LogP contribution is 2.30. The highest BCUT2D eigenvalue weighted by molar-refractivity contribution is 5.99. The molecule has 0 saturated carbocycles. The van der Waals surface area contributed by atoms with Gasteiger partial charge in [-0.25, -0.2) is 0 Å². The Bertz CT molecular complexity index is 629. The van der Waals surface area contributed by atoms with Gasteiger partial charge in [0, 0.05) is 12.2 Å². The third-order valence-corrected chi connectivity index (χ3v) is 4.05. The molecule has 0 bridgehead atoms. The fourth-order valence-electron chi connectivity index (χ4n) is 2.92. The van der Waals surface area contributed by atoms with Gasteiger partial charge in [-0.1, -0.05) is 36.4 Å². The van der Waals surface area contributed by atoms with Crippen molar-refractivity contribution in [3.05, 3.63) is 47.5 Å². The molecule has 2 aromatic rings. The van der Waals surface area contributed by atoms with Gasteiger partial charge < -0.3 is 9.47 Å². The Morgan fingerprint density at radius 3 is 2.71 bits per heavy atom. The number of carbonyl (C=O) groups excluding carboxylic acids is 1. The first-order chi connectivity index (χ1) is 10.3. The molecule has 2 atom stereocenters. The van der Waals surface area contributed by atoms with E-state index in [9.17, 15) is 4.79 Å². The number of carbonyl (C=O) groups is 1. The summed E-state index contributed by atoms with van der Waals surface area (Å²) in [5.74, 6) is 0. The maximum Gasteiger partial charge on any atom is 0.158 e. The zero-order chi connectivity index (χ0) is 14.7. The van der Waals surface area contributed by atoms with Crippen LogP contribution in [0.2, 0.25) is 0 Å². The Hall–Kier alpha value is -1.71. The van der Waals surface area contributed by atoms with Crippen molar-refractivity contribution in [1.82, 2.24) is 0 Å².